The van der Waals surface area contributed by atoms with Gasteiger partial charge < -0.3 is 10.2 Å². The highest BCUT2D eigenvalue weighted by Crippen LogP contribution is 2.47. The second-order valence-corrected chi connectivity index (χ2v) is 11.6. The van der Waals surface area contributed by atoms with E-state index in [1.165, 1.54) is 46.5 Å². The summed E-state index contributed by atoms with van der Waals surface area (Å²) in [5.74, 6) is 0.726. The van der Waals surface area contributed by atoms with E-state index in [2.05, 4.69) is 9.15 Å². The minimum atomic E-state index is 0.363. The van der Waals surface area contributed by atoms with Crippen LogP contribution in [0.5, 0.6) is 11.5 Å². The summed E-state index contributed by atoms with van der Waals surface area (Å²) < 4.78 is 10.6. The molecule has 3 aromatic rings. The quantitative estimate of drug-likeness (QED) is 0.426. The van der Waals surface area contributed by atoms with Crippen LogP contribution in [0.15, 0.2) is 0 Å². The summed E-state index contributed by atoms with van der Waals surface area (Å²) in [4.78, 5) is 0. The minimum Gasteiger partial charge on any atom is -0.505 e. The van der Waals surface area contributed by atoms with Gasteiger partial charge in [-0.1, -0.05) is 45.3 Å². The molecular weight excluding hydrogens is 404 g/mol. The molecular formula is C18H22N2O2S4+2. The molecule has 0 spiro atoms. The van der Waals surface area contributed by atoms with E-state index in [0.717, 1.165) is 45.0 Å². The number of piperidine rings is 2. The molecule has 0 bridgehead atoms. The zero-order valence-electron chi connectivity index (χ0n) is 14.5. The van der Waals surface area contributed by atoms with Gasteiger partial charge >= 0.3 is 7.97 Å². The van der Waals surface area contributed by atoms with E-state index < -0.39 is 0 Å². The van der Waals surface area contributed by atoms with Gasteiger partial charge in [0.15, 0.2) is 11.5 Å². The Kier molecular flexibility index (Phi) is 4.55. The summed E-state index contributed by atoms with van der Waals surface area (Å²) in [6.07, 6.45) is 7.54. The van der Waals surface area contributed by atoms with Gasteiger partial charge in [0, 0.05) is 25.7 Å². The molecule has 4 heterocycles. The molecule has 138 valence electrons. The smallest absolute Gasteiger partial charge is 0.315 e. The number of fused-ring (bicyclic) bond motifs is 2. The predicted octanol–water partition coefficient (Wildman–Crippen LogP) is 3.56. The van der Waals surface area contributed by atoms with Crippen LogP contribution in [0.25, 0.3) is 18.8 Å². The first-order valence-corrected chi connectivity index (χ1v) is 12.6. The van der Waals surface area contributed by atoms with Gasteiger partial charge in [0.1, 0.15) is 26.2 Å². The van der Waals surface area contributed by atoms with E-state index in [1.807, 2.05) is 0 Å². The van der Waals surface area contributed by atoms with Crippen LogP contribution in [0, 0.1) is 0 Å². The maximum absolute atomic E-state index is 10.9. The second kappa shape index (κ2) is 6.89. The Morgan fingerprint density at radius 3 is 1.12 bits per heavy atom. The Morgan fingerprint density at radius 1 is 0.500 bits per heavy atom. The summed E-state index contributed by atoms with van der Waals surface area (Å²) in [5, 5.41) is 21.9. The molecule has 1 aromatic carbocycles. The van der Waals surface area contributed by atoms with Crippen LogP contribution < -0.4 is 17.1 Å². The highest BCUT2D eigenvalue weighted by atomic mass is 32.2. The number of phenols is 2. The first-order chi connectivity index (χ1) is 12.7. The minimum absolute atomic E-state index is 0.363. The molecule has 2 N–H and O–H groups in total. The first-order valence-electron chi connectivity index (χ1n) is 9.29. The lowest BCUT2D eigenvalue weighted by molar-refractivity contribution is 0.459. The van der Waals surface area contributed by atoms with Gasteiger partial charge in [-0.15, -0.1) is 0 Å². The highest BCUT2D eigenvalue weighted by molar-refractivity contribution is 7.39. The zero-order valence-corrected chi connectivity index (χ0v) is 17.8. The van der Waals surface area contributed by atoms with Crippen LogP contribution in [-0.2, 0) is 0 Å². The molecule has 26 heavy (non-hydrogen) atoms. The fourth-order valence-corrected chi connectivity index (χ4v) is 9.28. The Hall–Kier alpha value is -0.960. The standard InChI is InChI=1S/C18H20N2O2S4/c21-11-13-14(24-17(23-13)19-7-3-1-4-8-19)12(22)16-15(11)25-18(26-16)20-9-5-2-6-10-20/h1-10H2/p+2. The SMILES string of the molecule is Oc1c2sc(=[N+]3CCCCC3)sc2c(O)c2sc(=[N+]3CCCCC3)sc12. The van der Waals surface area contributed by atoms with Crippen molar-refractivity contribution < 1.29 is 10.2 Å². The molecule has 5 rings (SSSR count). The summed E-state index contributed by atoms with van der Waals surface area (Å²) in [6, 6.07) is 0. The van der Waals surface area contributed by atoms with Crippen LogP contribution >= 0.6 is 45.3 Å². The molecule has 2 aromatic heterocycles. The van der Waals surface area contributed by atoms with Crippen molar-refractivity contribution in [1.82, 2.24) is 9.15 Å². The fourth-order valence-electron chi connectivity index (χ4n) is 3.82. The van der Waals surface area contributed by atoms with Crippen LogP contribution in [0.4, 0.5) is 0 Å². The van der Waals surface area contributed by atoms with Gasteiger partial charge in [0.05, 0.1) is 18.8 Å². The molecule has 2 aliphatic rings. The molecule has 4 nitrogen and oxygen atoms in total. The molecule has 8 heteroatoms. The number of nitrogens with zero attached hydrogens (tertiary/aromatic N) is 2. The van der Waals surface area contributed by atoms with E-state index in [4.69, 9.17) is 0 Å². The van der Waals surface area contributed by atoms with Gasteiger partial charge in [0.2, 0.25) is 0 Å². The van der Waals surface area contributed by atoms with E-state index in [1.54, 1.807) is 45.3 Å². The van der Waals surface area contributed by atoms with Gasteiger partial charge in [-0.2, -0.15) is 0 Å². The average Bonchev–Trinajstić information content (AvgIpc) is 3.33. The molecule has 0 radical (unpaired) electrons. The molecule has 0 atom stereocenters. The summed E-state index contributed by atoms with van der Waals surface area (Å²) in [6.45, 7) is 4.34. The average molecular weight is 427 g/mol. The van der Waals surface area contributed by atoms with Crippen LogP contribution in [0.1, 0.15) is 38.5 Å². The molecule has 0 unspecified atom stereocenters. The number of aromatic hydroxyl groups is 2. The van der Waals surface area contributed by atoms with Gasteiger partial charge in [-0.3, -0.25) is 0 Å². The van der Waals surface area contributed by atoms with Crippen LogP contribution in [0.2, 0.25) is 0 Å². The van der Waals surface area contributed by atoms with Crippen LogP contribution in [0.3, 0.4) is 0 Å². The first kappa shape index (κ1) is 17.2. The second-order valence-electron chi connectivity index (χ2n) is 7.05. The molecule has 2 fully saturated rings. The van der Waals surface area contributed by atoms with E-state index in [-0.39, 0.29) is 0 Å². The molecule has 0 amide bonds. The normalized spacial score (nSPS) is 18.9. The van der Waals surface area contributed by atoms with Gasteiger partial charge in [0.25, 0.3) is 0 Å². The van der Waals surface area contributed by atoms with E-state index in [9.17, 15) is 10.2 Å². The lowest BCUT2D eigenvalue weighted by atomic mass is 10.2. The third-order valence-corrected chi connectivity index (χ3v) is 10.7. The Balaban J connectivity index is 1.76. The van der Waals surface area contributed by atoms with Crippen molar-refractivity contribution in [2.24, 2.45) is 0 Å². The monoisotopic (exact) mass is 426 g/mol. The number of hydrogen-bond acceptors (Lipinski definition) is 6. The van der Waals surface area contributed by atoms with Crippen molar-refractivity contribution in [2.75, 3.05) is 26.2 Å². The number of phenolic OH excluding ortho intramolecular Hbond substituents is 2. The van der Waals surface area contributed by atoms with Crippen molar-refractivity contribution in [3.63, 3.8) is 0 Å². The third kappa shape index (κ3) is 2.82. The lowest BCUT2D eigenvalue weighted by Crippen LogP contribution is -2.31. The molecule has 2 aliphatic heterocycles. The molecule has 0 saturated carbocycles. The van der Waals surface area contributed by atoms with Crippen molar-refractivity contribution in [1.29, 1.82) is 0 Å². The Labute approximate surface area is 167 Å². The topological polar surface area (TPSA) is 46.5 Å². The van der Waals surface area contributed by atoms with Crippen molar-refractivity contribution in [3.8, 4) is 11.5 Å². The number of hydrogen-bond donors (Lipinski definition) is 2. The summed E-state index contributed by atoms with van der Waals surface area (Å²) in [7, 11) is 0. The number of benzene rings is 1. The van der Waals surface area contributed by atoms with E-state index in [0.29, 0.717) is 11.5 Å². The Bertz CT molecular complexity index is 967. The van der Waals surface area contributed by atoms with Crippen molar-refractivity contribution in [3.05, 3.63) is 7.97 Å². The maximum Gasteiger partial charge on any atom is 0.315 e. The predicted molar refractivity (Wildman–Crippen MR) is 114 cm³/mol. The van der Waals surface area contributed by atoms with Crippen molar-refractivity contribution >= 4 is 64.1 Å². The highest BCUT2D eigenvalue weighted by Gasteiger charge is 2.24. The molecule has 0 aliphatic carbocycles. The van der Waals surface area contributed by atoms with Crippen LogP contribution in [-0.4, -0.2) is 36.4 Å². The maximum atomic E-state index is 10.9. The molecule has 2 saturated heterocycles. The number of rotatable bonds is 0. The van der Waals surface area contributed by atoms with Crippen molar-refractivity contribution in [2.45, 2.75) is 38.5 Å². The van der Waals surface area contributed by atoms with Gasteiger partial charge in [-0.05, 0) is 12.8 Å². The van der Waals surface area contributed by atoms with E-state index >= 15 is 0 Å². The van der Waals surface area contributed by atoms with Gasteiger partial charge in [-0.25, -0.2) is 9.15 Å². The fraction of sp³-hybridized carbons (Fsp3) is 0.556. The summed E-state index contributed by atoms with van der Waals surface area (Å²) >= 11 is 6.55. The lowest BCUT2D eigenvalue weighted by Gasteiger charge is -2.07. The summed E-state index contributed by atoms with van der Waals surface area (Å²) in [5.41, 5.74) is 0. The third-order valence-electron chi connectivity index (χ3n) is 5.26. The Morgan fingerprint density at radius 2 is 0.808 bits per heavy atom. The largest absolute Gasteiger partial charge is 0.505 e. The zero-order chi connectivity index (χ0) is 17.7.